The molecule has 15 heteroatoms. The monoisotopic (exact) mass is 629 g/mol. The number of nitrogens with one attached hydrogen (secondary N) is 2. The number of carbonyl (C=O) groups excluding carboxylic acids is 3. The summed E-state index contributed by atoms with van der Waals surface area (Å²) >= 11 is 1.18. The van der Waals surface area contributed by atoms with Crippen LogP contribution in [0.2, 0.25) is 0 Å². The van der Waals surface area contributed by atoms with E-state index in [-0.39, 0.29) is 18.2 Å². The van der Waals surface area contributed by atoms with Crippen molar-refractivity contribution in [1.82, 2.24) is 24.8 Å². The van der Waals surface area contributed by atoms with Crippen molar-refractivity contribution in [3.05, 3.63) is 40.2 Å². The van der Waals surface area contributed by atoms with E-state index in [1.807, 2.05) is 25.7 Å². The lowest BCUT2D eigenvalue weighted by molar-refractivity contribution is -0.115. The molecule has 0 bridgehead atoms. The number of benzene rings is 1. The first-order chi connectivity index (χ1) is 20.5. The Morgan fingerprint density at radius 3 is 2.27 bits per heavy atom. The van der Waals surface area contributed by atoms with Crippen LogP contribution in [0, 0.1) is 0 Å². The Morgan fingerprint density at radius 1 is 1.00 bits per heavy atom. The standard InChI is InChI=1S/C29H39N7O7S/c1-17(37)18-12-19(14-20(13-18)31-22(38)16-30-26(40)42-28(2,3)4)24-33-36-23(39)15-21(32-25(36)44-24)34-8-10-35(11-9-34)27(41)43-29(5,6)7/h12-15,17,37H,8-11,16H2,1-7H3,(H,30,40)(H,31,38). The molecule has 0 radical (unpaired) electrons. The van der Waals surface area contributed by atoms with E-state index in [0.29, 0.717) is 58.8 Å². The third-order valence-electron chi connectivity index (χ3n) is 6.25. The van der Waals surface area contributed by atoms with Crippen molar-refractivity contribution in [2.75, 3.05) is 42.9 Å². The number of piperazine rings is 1. The van der Waals surface area contributed by atoms with E-state index in [1.54, 1.807) is 50.8 Å². The van der Waals surface area contributed by atoms with E-state index in [4.69, 9.17) is 9.47 Å². The van der Waals surface area contributed by atoms with Crippen LogP contribution in [0.4, 0.5) is 21.1 Å². The van der Waals surface area contributed by atoms with E-state index >= 15 is 0 Å². The molecule has 4 rings (SSSR count). The highest BCUT2D eigenvalue weighted by molar-refractivity contribution is 7.19. The van der Waals surface area contributed by atoms with Gasteiger partial charge in [-0.15, -0.1) is 0 Å². The SMILES string of the molecule is CC(O)c1cc(NC(=O)CNC(=O)OC(C)(C)C)cc(-c2nn3c(=O)cc(N4CCN(C(=O)OC(C)(C)C)CC4)nc3s2)c1. The van der Waals surface area contributed by atoms with Gasteiger partial charge in [-0.3, -0.25) is 9.59 Å². The number of amides is 3. The van der Waals surface area contributed by atoms with E-state index in [1.165, 1.54) is 21.9 Å². The molecule has 3 aromatic rings. The second-order valence-electron chi connectivity index (χ2n) is 12.4. The normalized spacial score (nSPS) is 14.7. The number of carbonyl (C=O) groups is 3. The van der Waals surface area contributed by atoms with Crippen molar-refractivity contribution in [1.29, 1.82) is 0 Å². The van der Waals surface area contributed by atoms with Gasteiger partial charge in [0.1, 0.15) is 28.6 Å². The molecule has 2 aromatic heterocycles. The Balaban J connectivity index is 1.51. The molecule has 44 heavy (non-hydrogen) atoms. The summed E-state index contributed by atoms with van der Waals surface area (Å²) in [5, 5.41) is 20.3. The highest BCUT2D eigenvalue weighted by atomic mass is 32.1. The van der Waals surface area contributed by atoms with E-state index in [2.05, 4.69) is 20.7 Å². The molecule has 0 aliphatic carbocycles. The molecule has 1 aliphatic heterocycles. The lowest BCUT2D eigenvalue weighted by Crippen LogP contribution is -2.50. The molecular weight excluding hydrogens is 590 g/mol. The third-order valence-corrected chi connectivity index (χ3v) is 7.20. The van der Waals surface area contributed by atoms with E-state index < -0.39 is 29.3 Å². The Labute approximate surface area is 259 Å². The zero-order valence-electron chi connectivity index (χ0n) is 26.0. The van der Waals surface area contributed by atoms with Crippen molar-refractivity contribution in [2.45, 2.75) is 65.8 Å². The first kappa shape index (κ1) is 32.7. The molecular formula is C29H39N7O7S. The van der Waals surface area contributed by atoms with Gasteiger partial charge in [-0.2, -0.15) is 9.61 Å². The van der Waals surface area contributed by atoms with Gasteiger partial charge in [0.05, 0.1) is 6.10 Å². The molecule has 3 amide bonds. The average molecular weight is 630 g/mol. The van der Waals surface area contributed by atoms with Gasteiger partial charge in [0, 0.05) is 43.5 Å². The quantitative estimate of drug-likeness (QED) is 0.368. The molecule has 0 spiro atoms. The zero-order chi connectivity index (χ0) is 32.4. The largest absolute Gasteiger partial charge is 0.444 e. The van der Waals surface area contributed by atoms with Crippen molar-refractivity contribution in [3.8, 4) is 10.6 Å². The molecule has 3 heterocycles. The predicted molar refractivity (Wildman–Crippen MR) is 166 cm³/mol. The third kappa shape index (κ3) is 8.66. The molecule has 1 unspecified atom stereocenters. The van der Waals surface area contributed by atoms with Crippen molar-refractivity contribution in [3.63, 3.8) is 0 Å². The number of ether oxygens (including phenoxy) is 2. The number of nitrogens with zero attached hydrogens (tertiary/aromatic N) is 5. The molecule has 14 nitrogen and oxygen atoms in total. The summed E-state index contributed by atoms with van der Waals surface area (Å²) in [6.45, 7) is 13.7. The maximum absolute atomic E-state index is 13.0. The predicted octanol–water partition coefficient (Wildman–Crippen LogP) is 3.39. The van der Waals surface area contributed by atoms with Gasteiger partial charge < -0.3 is 35.0 Å². The molecule has 1 aliphatic rings. The Bertz CT molecular complexity index is 1600. The minimum atomic E-state index is -0.855. The van der Waals surface area contributed by atoms with Crippen LogP contribution in [-0.4, -0.2) is 86.6 Å². The maximum atomic E-state index is 13.0. The van der Waals surface area contributed by atoms with Crippen LogP contribution in [0.3, 0.4) is 0 Å². The number of aliphatic hydroxyl groups excluding tert-OH is 1. The number of anilines is 2. The van der Waals surface area contributed by atoms with Crippen LogP contribution in [0.1, 0.15) is 60.1 Å². The number of hydrogen-bond acceptors (Lipinski definition) is 11. The van der Waals surface area contributed by atoms with Gasteiger partial charge >= 0.3 is 12.2 Å². The highest BCUT2D eigenvalue weighted by Crippen LogP contribution is 2.31. The smallest absolute Gasteiger partial charge is 0.410 e. The van der Waals surface area contributed by atoms with Gasteiger partial charge in [0.25, 0.3) is 5.56 Å². The molecule has 0 saturated carbocycles. The summed E-state index contributed by atoms with van der Waals surface area (Å²) in [6.07, 6.45) is -1.95. The fourth-order valence-electron chi connectivity index (χ4n) is 4.28. The number of aliphatic hydroxyl groups is 1. The minimum absolute atomic E-state index is 0.321. The Hall–Kier alpha value is -4.24. The Morgan fingerprint density at radius 2 is 1.66 bits per heavy atom. The number of rotatable bonds is 6. The fraction of sp³-hybridized carbons (Fsp3) is 0.517. The fourth-order valence-corrected chi connectivity index (χ4v) is 5.17. The summed E-state index contributed by atoms with van der Waals surface area (Å²) < 4.78 is 11.8. The van der Waals surface area contributed by atoms with Crippen molar-refractivity contribution >= 4 is 45.9 Å². The van der Waals surface area contributed by atoms with E-state index in [0.717, 1.165) is 0 Å². The maximum Gasteiger partial charge on any atom is 0.410 e. The van der Waals surface area contributed by atoms with Gasteiger partial charge in [0.2, 0.25) is 10.9 Å². The summed E-state index contributed by atoms with van der Waals surface area (Å²) in [4.78, 5) is 58.5. The van der Waals surface area contributed by atoms with Crippen LogP contribution in [0.25, 0.3) is 15.5 Å². The van der Waals surface area contributed by atoms with Gasteiger partial charge in [0.15, 0.2) is 0 Å². The Kier molecular flexibility index (Phi) is 9.49. The van der Waals surface area contributed by atoms with Gasteiger partial charge in [-0.25, -0.2) is 14.6 Å². The van der Waals surface area contributed by atoms with Crippen LogP contribution in [0.5, 0.6) is 0 Å². The summed E-state index contributed by atoms with van der Waals surface area (Å²) in [5.74, 6) is -0.0136. The summed E-state index contributed by atoms with van der Waals surface area (Å²) in [5.41, 5.74) is -0.207. The number of aromatic nitrogens is 3. The highest BCUT2D eigenvalue weighted by Gasteiger charge is 2.27. The molecule has 1 fully saturated rings. The van der Waals surface area contributed by atoms with Crippen LogP contribution >= 0.6 is 11.3 Å². The second-order valence-corrected chi connectivity index (χ2v) is 13.4. The second kappa shape index (κ2) is 12.8. The van der Waals surface area contributed by atoms with Crippen LogP contribution in [-0.2, 0) is 14.3 Å². The van der Waals surface area contributed by atoms with Crippen LogP contribution in [0.15, 0.2) is 29.1 Å². The van der Waals surface area contributed by atoms with Gasteiger partial charge in [-0.1, -0.05) is 11.3 Å². The minimum Gasteiger partial charge on any atom is -0.444 e. The van der Waals surface area contributed by atoms with Crippen LogP contribution < -0.4 is 21.1 Å². The summed E-state index contributed by atoms with van der Waals surface area (Å²) in [6, 6.07) is 6.41. The summed E-state index contributed by atoms with van der Waals surface area (Å²) in [7, 11) is 0. The van der Waals surface area contributed by atoms with E-state index in [9.17, 15) is 24.3 Å². The first-order valence-electron chi connectivity index (χ1n) is 14.2. The molecule has 1 aromatic carbocycles. The molecule has 3 N–H and O–H groups in total. The van der Waals surface area contributed by atoms with Crippen molar-refractivity contribution in [2.24, 2.45) is 0 Å². The average Bonchev–Trinajstić information content (AvgIpc) is 3.35. The lowest BCUT2D eigenvalue weighted by Gasteiger charge is -2.36. The topological polar surface area (TPSA) is 168 Å². The van der Waals surface area contributed by atoms with Gasteiger partial charge in [-0.05, 0) is 72.2 Å². The zero-order valence-corrected chi connectivity index (χ0v) is 26.8. The number of fused-ring (bicyclic) bond motifs is 1. The molecule has 1 saturated heterocycles. The first-order valence-corrected chi connectivity index (χ1v) is 15.0. The molecule has 238 valence electrons. The number of hydrogen-bond donors (Lipinski definition) is 3. The lowest BCUT2D eigenvalue weighted by atomic mass is 10.1. The number of alkyl carbamates (subject to hydrolysis) is 1. The van der Waals surface area contributed by atoms with Crippen molar-refractivity contribution < 1.29 is 29.0 Å². The molecule has 1 atom stereocenters.